The van der Waals surface area contributed by atoms with Crippen LogP contribution in [0.4, 0.5) is 19.0 Å². The lowest BCUT2D eigenvalue weighted by Gasteiger charge is -2.33. The van der Waals surface area contributed by atoms with Gasteiger partial charge in [0.25, 0.3) is 0 Å². The topological polar surface area (TPSA) is 64.0 Å². The van der Waals surface area contributed by atoms with E-state index < -0.39 is 11.9 Å². The van der Waals surface area contributed by atoms with Crippen LogP contribution in [0, 0.1) is 6.92 Å². The van der Waals surface area contributed by atoms with Crippen LogP contribution in [0.5, 0.6) is 6.01 Å². The van der Waals surface area contributed by atoms with Crippen LogP contribution in [0.15, 0.2) is 24.8 Å². The lowest BCUT2D eigenvalue weighted by atomic mass is 10.1. The predicted octanol–water partition coefficient (Wildman–Crippen LogP) is 2.64. The highest BCUT2D eigenvalue weighted by Gasteiger charge is 2.33. The van der Waals surface area contributed by atoms with Crippen LogP contribution in [0.1, 0.15) is 24.1 Å². The lowest BCUT2D eigenvalue weighted by Crippen LogP contribution is -2.42. The molecule has 3 rings (SSSR count). The molecule has 1 saturated heterocycles. The highest BCUT2D eigenvalue weighted by molar-refractivity contribution is 5.40. The first-order valence-corrected chi connectivity index (χ1v) is 7.51. The number of halogens is 3. The van der Waals surface area contributed by atoms with Gasteiger partial charge in [-0.05, 0) is 25.3 Å². The molecule has 24 heavy (non-hydrogen) atoms. The van der Waals surface area contributed by atoms with Crippen LogP contribution in [0.3, 0.4) is 0 Å². The van der Waals surface area contributed by atoms with Gasteiger partial charge in [-0.25, -0.2) is 19.9 Å². The van der Waals surface area contributed by atoms with E-state index >= 15 is 0 Å². The van der Waals surface area contributed by atoms with Crippen molar-refractivity contribution in [1.29, 1.82) is 0 Å². The molecule has 2 aromatic rings. The Labute approximate surface area is 136 Å². The molecule has 0 bridgehead atoms. The minimum atomic E-state index is -4.49. The SMILES string of the molecule is Cc1cnc(OC2CCCN(c3cc(C(F)(F)F)ncn3)C2)nc1. The summed E-state index contributed by atoms with van der Waals surface area (Å²) in [5.41, 5.74) is -0.0225. The Kier molecular flexibility index (Phi) is 4.50. The number of hydrogen-bond acceptors (Lipinski definition) is 6. The number of piperidine rings is 1. The average Bonchev–Trinajstić information content (AvgIpc) is 2.57. The van der Waals surface area contributed by atoms with E-state index in [1.165, 1.54) is 0 Å². The molecule has 128 valence electrons. The normalized spacial score (nSPS) is 18.5. The summed E-state index contributed by atoms with van der Waals surface area (Å²) < 4.78 is 44.1. The fourth-order valence-electron chi connectivity index (χ4n) is 2.51. The predicted molar refractivity (Wildman–Crippen MR) is 79.7 cm³/mol. The first-order chi connectivity index (χ1) is 11.4. The average molecular weight is 339 g/mol. The van der Waals surface area contributed by atoms with Crippen LogP contribution < -0.4 is 9.64 Å². The number of aryl methyl sites for hydroxylation is 1. The van der Waals surface area contributed by atoms with Gasteiger partial charge < -0.3 is 9.64 Å². The molecule has 0 amide bonds. The van der Waals surface area contributed by atoms with Crippen molar-refractivity contribution in [2.45, 2.75) is 32.0 Å². The molecule has 1 aliphatic rings. The van der Waals surface area contributed by atoms with Crippen LogP contribution in [-0.2, 0) is 6.18 Å². The van der Waals surface area contributed by atoms with Crippen molar-refractivity contribution in [3.8, 4) is 6.01 Å². The summed E-state index contributed by atoms with van der Waals surface area (Å²) >= 11 is 0. The number of alkyl halides is 3. The highest BCUT2D eigenvalue weighted by Crippen LogP contribution is 2.29. The smallest absolute Gasteiger partial charge is 0.433 e. The molecule has 9 heteroatoms. The van der Waals surface area contributed by atoms with E-state index in [0.29, 0.717) is 13.1 Å². The minimum Gasteiger partial charge on any atom is -0.458 e. The van der Waals surface area contributed by atoms with Crippen molar-refractivity contribution < 1.29 is 17.9 Å². The molecule has 0 aromatic carbocycles. The van der Waals surface area contributed by atoms with E-state index in [1.807, 2.05) is 6.92 Å². The minimum absolute atomic E-state index is 0.203. The van der Waals surface area contributed by atoms with Gasteiger partial charge in [-0.3, -0.25) is 0 Å². The zero-order valence-electron chi connectivity index (χ0n) is 13.0. The summed E-state index contributed by atoms with van der Waals surface area (Å²) in [6.45, 7) is 2.91. The second kappa shape index (κ2) is 6.58. The fraction of sp³-hybridized carbons (Fsp3) is 0.467. The highest BCUT2D eigenvalue weighted by atomic mass is 19.4. The van der Waals surface area contributed by atoms with E-state index in [2.05, 4.69) is 19.9 Å². The van der Waals surface area contributed by atoms with Crippen LogP contribution in [-0.4, -0.2) is 39.1 Å². The summed E-state index contributed by atoms with van der Waals surface area (Å²) in [7, 11) is 0. The summed E-state index contributed by atoms with van der Waals surface area (Å²) in [4.78, 5) is 17.2. The van der Waals surface area contributed by atoms with Gasteiger partial charge in [0.2, 0.25) is 0 Å². The van der Waals surface area contributed by atoms with Crippen molar-refractivity contribution in [1.82, 2.24) is 19.9 Å². The molecule has 1 atom stereocenters. The number of rotatable bonds is 3. The van der Waals surface area contributed by atoms with Crippen molar-refractivity contribution >= 4 is 5.82 Å². The van der Waals surface area contributed by atoms with Gasteiger partial charge in [-0.2, -0.15) is 13.2 Å². The summed E-state index contributed by atoms with van der Waals surface area (Å²) in [5.74, 6) is 0.246. The number of anilines is 1. The Morgan fingerprint density at radius 1 is 1.17 bits per heavy atom. The third kappa shape index (κ3) is 3.90. The fourth-order valence-corrected chi connectivity index (χ4v) is 2.51. The summed E-state index contributed by atoms with van der Waals surface area (Å²) in [5, 5.41) is 0. The monoisotopic (exact) mass is 339 g/mol. The third-order valence-electron chi connectivity index (χ3n) is 3.67. The Morgan fingerprint density at radius 2 is 1.92 bits per heavy atom. The first kappa shape index (κ1) is 16.4. The van der Waals surface area contributed by atoms with Crippen LogP contribution in [0.2, 0.25) is 0 Å². The molecule has 0 N–H and O–H groups in total. The Bertz CT molecular complexity index is 692. The molecule has 0 radical (unpaired) electrons. The van der Waals surface area contributed by atoms with Crippen LogP contribution in [0.25, 0.3) is 0 Å². The molecule has 0 saturated carbocycles. The molecule has 3 heterocycles. The van der Waals surface area contributed by atoms with Crippen molar-refractivity contribution in [2.75, 3.05) is 18.0 Å². The third-order valence-corrected chi connectivity index (χ3v) is 3.67. The zero-order valence-corrected chi connectivity index (χ0v) is 13.0. The molecule has 0 aliphatic carbocycles. The standard InChI is InChI=1S/C15H16F3N5O/c1-10-6-19-14(20-7-10)24-11-3-2-4-23(8-11)13-5-12(15(16,17)18)21-9-22-13/h5-7,9,11H,2-4,8H2,1H3. The van der Waals surface area contributed by atoms with Gasteiger partial charge in [0.05, 0.1) is 6.54 Å². The second-order valence-corrected chi connectivity index (χ2v) is 5.63. The zero-order chi connectivity index (χ0) is 17.2. The molecule has 0 spiro atoms. The van der Waals surface area contributed by atoms with Crippen LogP contribution >= 0.6 is 0 Å². The van der Waals surface area contributed by atoms with Crippen molar-refractivity contribution in [3.63, 3.8) is 0 Å². The Balaban J connectivity index is 1.70. The van der Waals surface area contributed by atoms with E-state index in [9.17, 15) is 13.2 Å². The molecule has 1 fully saturated rings. The molecule has 1 unspecified atom stereocenters. The number of ether oxygens (including phenoxy) is 1. The van der Waals surface area contributed by atoms with Gasteiger partial charge in [-0.15, -0.1) is 0 Å². The maximum atomic E-state index is 12.8. The quantitative estimate of drug-likeness (QED) is 0.857. The molecule has 1 aliphatic heterocycles. The molecular formula is C15H16F3N5O. The van der Waals surface area contributed by atoms with Gasteiger partial charge >= 0.3 is 12.2 Å². The molecule has 2 aromatic heterocycles. The maximum absolute atomic E-state index is 12.8. The van der Waals surface area contributed by atoms with E-state index in [1.54, 1.807) is 17.3 Å². The largest absolute Gasteiger partial charge is 0.458 e. The number of nitrogens with zero attached hydrogens (tertiary/aromatic N) is 5. The van der Waals surface area contributed by atoms with Gasteiger partial charge in [0.1, 0.15) is 23.9 Å². The number of aromatic nitrogens is 4. The maximum Gasteiger partial charge on any atom is 0.433 e. The number of hydrogen-bond donors (Lipinski definition) is 0. The van der Waals surface area contributed by atoms with E-state index in [-0.39, 0.29) is 17.9 Å². The second-order valence-electron chi connectivity index (χ2n) is 5.63. The Hall–Kier alpha value is -2.45. The van der Waals surface area contributed by atoms with Gasteiger partial charge in [0.15, 0.2) is 0 Å². The summed E-state index contributed by atoms with van der Waals surface area (Å²) in [6.07, 6.45) is 1.12. The summed E-state index contributed by atoms with van der Waals surface area (Å²) in [6, 6.07) is 1.23. The molecular weight excluding hydrogens is 323 g/mol. The van der Waals surface area contributed by atoms with E-state index in [4.69, 9.17) is 4.74 Å². The first-order valence-electron chi connectivity index (χ1n) is 7.51. The molecule has 6 nitrogen and oxygen atoms in total. The Morgan fingerprint density at radius 3 is 2.62 bits per heavy atom. The van der Waals surface area contributed by atoms with Crippen molar-refractivity contribution in [3.05, 3.63) is 36.0 Å². The van der Waals surface area contributed by atoms with Gasteiger partial charge in [0, 0.05) is 25.0 Å². The lowest BCUT2D eigenvalue weighted by molar-refractivity contribution is -0.141. The van der Waals surface area contributed by atoms with Crippen molar-refractivity contribution in [2.24, 2.45) is 0 Å². The van der Waals surface area contributed by atoms with Gasteiger partial charge in [-0.1, -0.05) is 0 Å². The van der Waals surface area contributed by atoms with E-state index in [0.717, 1.165) is 30.8 Å².